The molecule has 0 aromatic heterocycles. The van der Waals surface area contributed by atoms with Gasteiger partial charge in [0.05, 0.1) is 26.2 Å². The highest BCUT2D eigenvalue weighted by atomic mass is 31.2. The zero-order chi connectivity index (χ0) is 28.8. The molecule has 0 radical (unpaired) electrons. The molecule has 0 saturated heterocycles. The number of unbranched alkanes of at least 4 members (excludes halogenated alkanes) is 20. The number of nitrogens with zero attached hydrogens (tertiary/aromatic N) is 1. The lowest BCUT2D eigenvalue weighted by molar-refractivity contribution is -0.929. The highest BCUT2D eigenvalue weighted by Crippen LogP contribution is 2.26. The van der Waals surface area contributed by atoms with Gasteiger partial charge in [-0.1, -0.05) is 130 Å². The maximum Gasteiger partial charge on any atom is 0.466 e. The molecule has 5 nitrogen and oxygen atoms in total. The molecule has 0 amide bonds. The average Bonchev–Trinajstić information content (AvgIpc) is 2.86. The molecule has 0 atom stereocenters. The minimum absolute atomic E-state index is 1.37. The Kier molecular flexibility index (Phi) is 31.8. The van der Waals surface area contributed by atoms with Gasteiger partial charge in [-0.2, -0.15) is 0 Å². The summed E-state index contributed by atoms with van der Waals surface area (Å²) in [6.45, 7) is 15.3. The minimum Gasteiger partial charge on any atom is -0.324 e. The molecule has 0 unspecified atom stereocenters. The van der Waals surface area contributed by atoms with Gasteiger partial charge in [-0.05, 0) is 51.4 Å². The van der Waals surface area contributed by atoms with Crippen LogP contribution in [0, 0.1) is 0 Å². The molecule has 0 saturated carbocycles. The lowest BCUT2D eigenvalue weighted by Gasteiger charge is -2.40. The number of hydrogen-bond acceptors (Lipinski definition) is 1. The fraction of sp³-hybridized carbons (Fsp3) is 1.00. The third-order valence-corrected chi connectivity index (χ3v) is 7.94. The Hall–Kier alpha value is 0.0700. The highest BCUT2D eigenvalue weighted by molar-refractivity contribution is 7.45. The van der Waals surface area contributed by atoms with Gasteiger partial charge in [0.1, 0.15) is 0 Å². The zero-order valence-corrected chi connectivity index (χ0v) is 27.3. The zero-order valence-electron chi connectivity index (χ0n) is 26.4. The van der Waals surface area contributed by atoms with Crippen LogP contribution in [0.3, 0.4) is 0 Å². The molecule has 3 N–H and O–H groups in total. The first kappa shape index (κ1) is 40.2. The van der Waals surface area contributed by atoms with Crippen molar-refractivity contribution in [3.63, 3.8) is 0 Å². The van der Waals surface area contributed by atoms with Gasteiger partial charge in [-0.3, -0.25) is 0 Å². The predicted octanol–water partition coefficient (Wildman–Crippen LogP) is 10.3. The first-order chi connectivity index (χ1) is 18.2. The van der Waals surface area contributed by atoms with Crippen LogP contribution in [0.4, 0.5) is 0 Å². The number of hydrogen-bond donors (Lipinski definition) is 3. The van der Waals surface area contributed by atoms with E-state index in [1.807, 2.05) is 0 Å². The SMILES string of the molecule is CCCCCCCC[N+](CCCCCCCC)(CCCCCCCC)CCCCCCCC.O=P(O)(O)O. The summed E-state index contributed by atoms with van der Waals surface area (Å²) in [5.74, 6) is 0. The molecule has 0 spiro atoms. The van der Waals surface area contributed by atoms with Crippen molar-refractivity contribution in [1.82, 2.24) is 0 Å². The van der Waals surface area contributed by atoms with Gasteiger partial charge in [0.2, 0.25) is 0 Å². The molecule has 0 bridgehead atoms. The van der Waals surface area contributed by atoms with Crippen molar-refractivity contribution in [1.29, 1.82) is 0 Å². The van der Waals surface area contributed by atoms with Crippen LogP contribution in [0.15, 0.2) is 0 Å². The molecule has 0 aliphatic heterocycles. The summed E-state index contributed by atoms with van der Waals surface area (Å²) in [6, 6.07) is 0. The molecule has 0 aromatic rings. The summed E-state index contributed by atoms with van der Waals surface area (Å²) >= 11 is 0. The van der Waals surface area contributed by atoms with Crippen molar-refractivity contribution in [2.45, 2.75) is 182 Å². The predicted molar refractivity (Wildman–Crippen MR) is 167 cm³/mol. The minimum atomic E-state index is -4.64. The maximum atomic E-state index is 8.88. The van der Waals surface area contributed by atoms with Crippen LogP contribution in [-0.2, 0) is 4.57 Å². The smallest absolute Gasteiger partial charge is 0.324 e. The molecular formula is C32H71NO4P+. The van der Waals surface area contributed by atoms with E-state index in [4.69, 9.17) is 19.2 Å². The molecule has 0 aliphatic rings. The van der Waals surface area contributed by atoms with Crippen molar-refractivity contribution in [3.8, 4) is 0 Å². The topological polar surface area (TPSA) is 77.8 Å². The quantitative estimate of drug-likeness (QED) is 0.0502. The van der Waals surface area contributed by atoms with Gasteiger partial charge in [-0.15, -0.1) is 0 Å². The van der Waals surface area contributed by atoms with E-state index in [0.717, 1.165) is 0 Å². The Labute approximate surface area is 239 Å². The lowest BCUT2D eigenvalue weighted by atomic mass is 10.0. The normalized spacial score (nSPS) is 12.0. The number of phosphoric acid groups is 1. The second-order valence-electron chi connectivity index (χ2n) is 11.8. The molecule has 0 rings (SSSR count). The van der Waals surface area contributed by atoms with E-state index in [1.165, 1.54) is 185 Å². The second kappa shape index (κ2) is 30.0. The van der Waals surface area contributed by atoms with E-state index in [-0.39, 0.29) is 0 Å². The number of rotatable bonds is 28. The first-order valence-electron chi connectivity index (χ1n) is 16.9. The second-order valence-corrected chi connectivity index (χ2v) is 12.8. The fourth-order valence-corrected chi connectivity index (χ4v) is 5.58. The van der Waals surface area contributed by atoms with E-state index in [9.17, 15) is 0 Å². The van der Waals surface area contributed by atoms with E-state index in [2.05, 4.69) is 27.7 Å². The summed E-state index contributed by atoms with van der Waals surface area (Å²) in [4.78, 5) is 21.6. The summed E-state index contributed by atoms with van der Waals surface area (Å²) in [5, 5.41) is 0. The van der Waals surface area contributed by atoms with Gasteiger partial charge in [-0.25, -0.2) is 4.57 Å². The molecular weight excluding hydrogens is 493 g/mol. The number of quaternary nitrogens is 1. The first-order valence-corrected chi connectivity index (χ1v) is 18.4. The molecule has 0 aromatic carbocycles. The summed E-state index contributed by atoms with van der Waals surface area (Å²) in [5.41, 5.74) is 0. The monoisotopic (exact) mass is 565 g/mol. The van der Waals surface area contributed by atoms with Crippen LogP contribution >= 0.6 is 7.82 Å². The fourth-order valence-electron chi connectivity index (χ4n) is 5.58. The van der Waals surface area contributed by atoms with Crippen LogP contribution in [0.1, 0.15) is 182 Å². The van der Waals surface area contributed by atoms with Crippen molar-refractivity contribution in [2.24, 2.45) is 0 Å². The Morgan fingerprint density at radius 3 is 0.711 bits per heavy atom. The summed E-state index contributed by atoms with van der Waals surface area (Å²) in [6.07, 6.45) is 34.8. The Bertz CT molecular complexity index is 420. The van der Waals surface area contributed by atoms with E-state index < -0.39 is 7.82 Å². The van der Waals surface area contributed by atoms with E-state index in [0.29, 0.717) is 0 Å². The van der Waals surface area contributed by atoms with E-state index in [1.54, 1.807) is 0 Å². The highest BCUT2D eigenvalue weighted by Gasteiger charge is 2.25. The third-order valence-electron chi connectivity index (χ3n) is 7.94. The van der Waals surface area contributed by atoms with Gasteiger partial charge >= 0.3 is 7.82 Å². The van der Waals surface area contributed by atoms with Gasteiger partial charge in [0, 0.05) is 0 Å². The molecule has 0 aliphatic carbocycles. The lowest BCUT2D eigenvalue weighted by Crippen LogP contribution is -2.50. The van der Waals surface area contributed by atoms with Gasteiger partial charge in [0.25, 0.3) is 0 Å². The molecule has 0 heterocycles. The molecule has 232 valence electrons. The molecule has 38 heavy (non-hydrogen) atoms. The van der Waals surface area contributed by atoms with Gasteiger partial charge < -0.3 is 19.2 Å². The van der Waals surface area contributed by atoms with Crippen molar-refractivity contribution < 1.29 is 23.7 Å². The van der Waals surface area contributed by atoms with Crippen LogP contribution in [-0.4, -0.2) is 45.3 Å². The van der Waals surface area contributed by atoms with Crippen LogP contribution < -0.4 is 0 Å². The van der Waals surface area contributed by atoms with Crippen molar-refractivity contribution in [2.75, 3.05) is 26.2 Å². The largest absolute Gasteiger partial charge is 0.466 e. The summed E-state index contributed by atoms with van der Waals surface area (Å²) < 4.78 is 10.4. The maximum absolute atomic E-state index is 8.88. The van der Waals surface area contributed by atoms with Crippen molar-refractivity contribution in [3.05, 3.63) is 0 Å². The standard InChI is InChI=1S/C32H68N.H3O4P/c1-5-9-13-17-21-25-29-33(30-26-22-18-14-10-6-2,31-27-23-19-15-11-7-3)32-28-24-20-16-12-8-4;1-5(2,3)4/h5-32H2,1-4H3;(H3,1,2,3,4)/q+1;. The molecule has 6 heteroatoms. The summed E-state index contributed by atoms with van der Waals surface area (Å²) in [7, 11) is -4.64. The molecule has 0 fully saturated rings. The Balaban J connectivity index is 0. The Morgan fingerprint density at radius 2 is 0.526 bits per heavy atom. The van der Waals surface area contributed by atoms with Crippen LogP contribution in [0.25, 0.3) is 0 Å². The van der Waals surface area contributed by atoms with Crippen LogP contribution in [0.5, 0.6) is 0 Å². The Morgan fingerprint density at radius 1 is 0.368 bits per heavy atom. The van der Waals surface area contributed by atoms with Gasteiger partial charge in [0.15, 0.2) is 0 Å². The third kappa shape index (κ3) is 34.1. The van der Waals surface area contributed by atoms with Crippen LogP contribution in [0.2, 0.25) is 0 Å². The average molecular weight is 565 g/mol. The van der Waals surface area contributed by atoms with Crippen molar-refractivity contribution >= 4 is 7.82 Å². The van der Waals surface area contributed by atoms with E-state index >= 15 is 0 Å².